The zero-order chi connectivity index (χ0) is 20.5. The normalized spacial score (nSPS) is 11.0. The van der Waals surface area contributed by atoms with Crippen molar-refractivity contribution in [2.75, 3.05) is 0 Å². The molecule has 0 atom stereocenters. The summed E-state index contributed by atoms with van der Waals surface area (Å²) >= 11 is 6.07. The van der Waals surface area contributed by atoms with E-state index in [1.165, 1.54) is 0 Å². The van der Waals surface area contributed by atoms with Gasteiger partial charge in [-0.3, -0.25) is 4.79 Å². The topological polar surface area (TPSA) is 63.1 Å². The van der Waals surface area contributed by atoms with Gasteiger partial charge in [0.05, 0.1) is 6.42 Å². The van der Waals surface area contributed by atoms with E-state index in [-0.39, 0.29) is 6.42 Å². The second-order valence-corrected chi connectivity index (χ2v) is 7.52. The monoisotopic (exact) mass is 402 g/mol. The maximum Gasteiger partial charge on any atom is 0.307 e. The molecule has 0 aliphatic rings. The molecule has 0 saturated heterocycles. The molecular formula is C24H19ClN2O2. The summed E-state index contributed by atoms with van der Waals surface area (Å²) in [6, 6.07) is 15.8. The van der Waals surface area contributed by atoms with Crippen LogP contribution >= 0.6 is 11.6 Å². The molecule has 0 unspecified atom stereocenters. The van der Waals surface area contributed by atoms with Crippen LogP contribution in [0.1, 0.15) is 16.8 Å². The number of aromatic nitrogens is 2. The van der Waals surface area contributed by atoms with Gasteiger partial charge in [-0.2, -0.15) is 0 Å². The Hall–Kier alpha value is -3.24. The lowest BCUT2D eigenvalue weighted by Gasteiger charge is -2.17. The molecule has 5 heteroatoms. The summed E-state index contributed by atoms with van der Waals surface area (Å²) in [6.45, 7) is 3.92. The fourth-order valence-electron chi connectivity index (χ4n) is 3.76. The largest absolute Gasteiger partial charge is 0.481 e. The molecule has 1 N–H and O–H groups in total. The molecule has 144 valence electrons. The number of rotatable bonds is 4. The Kier molecular flexibility index (Phi) is 5.03. The lowest BCUT2D eigenvalue weighted by atomic mass is 9.87. The molecule has 29 heavy (non-hydrogen) atoms. The molecule has 0 aliphatic carbocycles. The zero-order valence-electron chi connectivity index (χ0n) is 16.1. The van der Waals surface area contributed by atoms with E-state index in [4.69, 9.17) is 11.6 Å². The van der Waals surface area contributed by atoms with Crippen LogP contribution < -0.4 is 0 Å². The molecule has 0 bridgehead atoms. The predicted octanol–water partition coefficient (Wildman–Crippen LogP) is 5.86. The van der Waals surface area contributed by atoms with Crippen molar-refractivity contribution in [2.24, 2.45) is 0 Å². The second kappa shape index (κ2) is 7.64. The average molecular weight is 403 g/mol. The van der Waals surface area contributed by atoms with Crippen LogP contribution in [-0.2, 0) is 11.2 Å². The standard InChI is InChI=1S/C24H19ClN2O2/c1-14-9-18-10-17(22-12-26-13-27-15(22)2)5-8-20(18)24(21(14)11-23(28)29)16-3-6-19(25)7-4-16/h3-10,12-13H,11H2,1-2H3,(H,28,29). The quantitative estimate of drug-likeness (QED) is 0.464. The molecule has 4 rings (SSSR count). The summed E-state index contributed by atoms with van der Waals surface area (Å²) in [5.41, 5.74) is 6.58. The number of fused-ring (bicyclic) bond motifs is 1. The van der Waals surface area contributed by atoms with Crippen molar-refractivity contribution < 1.29 is 9.90 Å². The lowest BCUT2D eigenvalue weighted by molar-refractivity contribution is -0.136. The number of carboxylic acid groups (broad SMARTS) is 1. The molecule has 1 aromatic heterocycles. The van der Waals surface area contributed by atoms with Crippen molar-refractivity contribution in [3.05, 3.63) is 82.9 Å². The highest BCUT2D eigenvalue weighted by Gasteiger charge is 2.16. The molecule has 0 fully saturated rings. The van der Waals surface area contributed by atoms with Crippen molar-refractivity contribution >= 4 is 28.3 Å². The summed E-state index contributed by atoms with van der Waals surface area (Å²) in [5.74, 6) is -0.851. The molecule has 0 spiro atoms. The van der Waals surface area contributed by atoms with Gasteiger partial charge in [0.25, 0.3) is 0 Å². The van der Waals surface area contributed by atoms with E-state index in [1.807, 2.05) is 56.4 Å². The molecule has 4 nitrogen and oxygen atoms in total. The Bertz CT molecular complexity index is 1230. The van der Waals surface area contributed by atoms with Gasteiger partial charge in [-0.15, -0.1) is 0 Å². The molecule has 0 saturated carbocycles. The fourth-order valence-corrected chi connectivity index (χ4v) is 3.88. The van der Waals surface area contributed by atoms with E-state index >= 15 is 0 Å². The summed E-state index contributed by atoms with van der Waals surface area (Å²) in [4.78, 5) is 20.0. The lowest BCUT2D eigenvalue weighted by Crippen LogP contribution is -2.05. The third kappa shape index (κ3) is 3.71. The van der Waals surface area contributed by atoms with Crippen molar-refractivity contribution in [1.82, 2.24) is 9.97 Å². The van der Waals surface area contributed by atoms with Gasteiger partial charge in [-0.05, 0) is 70.6 Å². The summed E-state index contributed by atoms with van der Waals surface area (Å²) in [7, 11) is 0. The van der Waals surface area contributed by atoms with Crippen LogP contribution in [0.15, 0.2) is 61.1 Å². The van der Waals surface area contributed by atoms with Gasteiger partial charge in [-0.1, -0.05) is 41.9 Å². The Balaban J connectivity index is 2.00. The Morgan fingerprint density at radius 2 is 1.76 bits per heavy atom. The number of halogens is 1. The number of carboxylic acids is 1. The van der Waals surface area contributed by atoms with Gasteiger partial charge >= 0.3 is 5.97 Å². The smallest absolute Gasteiger partial charge is 0.307 e. The van der Waals surface area contributed by atoms with Crippen LogP contribution in [0.4, 0.5) is 0 Å². The van der Waals surface area contributed by atoms with E-state index in [0.717, 1.165) is 49.8 Å². The van der Waals surface area contributed by atoms with Gasteiger partial charge in [0.2, 0.25) is 0 Å². The highest BCUT2D eigenvalue weighted by Crippen LogP contribution is 2.37. The van der Waals surface area contributed by atoms with Crippen molar-refractivity contribution in [2.45, 2.75) is 20.3 Å². The SMILES string of the molecule is Cc1cc2cc(-c3cncnc3C)ccc2c(-c2ccc(Cl)cc2)c1CC(=O)O. The first-order valence-corrected chi connectivity index (χ1v) is 9.63. The van der Waals surface area contributed by atoms with Gasteiger partial charge in [0, 0.05) is 22.5 Å². The number of nitrogens with zero attached hydrogens (tertiary/aromatic N) is 2. The molecule has 0 amide bonds. The maximum atomic E-state index is 11.5. The molecule has 4 aromatic rings. The Morgan fingerprint density at radius 3 is 2.45 bits per heavy atom. The van der Waals surface area contributed by atoms with Gasteiger partial charge in [0.15, 0.2) is 0 Å². The van der Waals surface area contributed by atoms with Crippen molar-refractivity contribution in [3.8, 4) is 22.3 Å². The number of aryl methyl sites for hydroxylation is 2. The van der Waals surface area contributed by atoms with Crippen molar-refractivity contribution in [1.29, 1.82) is 0 Å². The van der Waals surface area contributed by atoms with Crippen molar-refractivity contribution in [3.63, 3.8) is 0 Å². The van der Waals surface area contributed by atoms with Crippen LogP contribution in [0.5, 0.6) is 0 Å². The van der Waals surface area contributed by atoms with Crippen LogP contribution in [0.3, 0.4) is 0 Å². The average Bonchev–Trinajstić information content (AvgIpc) is 2.69. The minimum absolute atomic E-state index is 0.0346. The minimum atomic E-state index is -0.851. The third-order valence-electron chi connectivity index (χ3n) is 5.15. The number of carbonyl (C=O) groups is 1. The van der Waals surface area contributed by atoms with Gasteiger partial charge < -0.3 is 5.11 Å². The van der Waals surface area contributed by atoms with Crippen LogP contribution in [0.2, 0.25) is 5.02 Å². The Labute approximate surface area is 173 Å². The highest BCUT2D eigenvalue weighted by molar-refractivity contribution is 6.30. The predicted molar refractivity (Wildman–Crippen MR) is 116 cm³/mol. The van der Waals surface area contributed by atoms with E-state index in [1.54, 1.807) is 6.33 Å². The molecule has 0 aliphatic heterocycles. The number of aliphatic carboxylic acids is 1. The first kappa shape index (κ1) is 19.1. The Morgan fingerprint density at radius 1 is 1.03 bits per heavy atom. The first-order valence-electron chi connectivity index (χ1n) is 9.25. The summed E-state index contributed by atoms with van der Waals surface area (Å²) in [5, 5.41) is 12.2. The third-order valence-corrected chi connectivity index (χ3v) is 5.41. The second-order valence-electron chi connectivity index (χ2n) is 7.08. The number of benzene rings is 3. The number of hydrogen-bond acceptors (Lipinski definition) is 3. The first-order chi connectivity index (χ1) is 13.9. The molecule has 1 heterocycles. The molecular weight excluding hydrogens is 384 g/mol. The van der Waals surface area contributed by atoms with E-state index in [9.17, 15) is 9.90 Å². The van der Waals surface area contributed by atoms with E-state index in [2.05, 4.69) is 22.1 Å². The van der Waals surface area contributed by atoms with E-state index in [0.29, 0.717) is 5.02 Å². The van der Waals surface area contributed by atoms with E-state index < -0.39 is 5.97 Å². The zero-order valence-corrected chi connectivity index (χ0v) is 16.9. The molecule has 3 aromatic carbocycles. The molecule has 0 radical (unpaired) electrons. The van der Waals surface area contributed by atoms with Gasteiger partial charge in [0.1, 0.15) is 6.33 Å². The summed E-state index contributed by atoms with van der Waals surface area (Å²) in [6.07, 6.45) is 3.32. The summed E-state index contributed by atoms with van der Waals surface area (Å²) < 4.78 is 0. The maximum absolute atomic E-state index is 11.5. The minimum Gasteiger partial charge on any atom is -0.481 e. The fraction of sp³-hybridized carbons (Fsp3) is 0.125. The van der Waals surface area contributed by atoms with Crippen LogP contribution in [-0.4, -0.2) is 21.0 Å². The van der Waals surface area contributed by atoms with Gasteiger partial charge in [-0.25, -0.2) is 9.97 Å². The van der Waals surface area contributed by atoms with Crippen LogP contribution in [0.25, 0.3) is 33.0 Å². The highest BCUT2D eigenvalue weighted by atomic mass is 35.5. The van der Waals surface area contributed by atoms with Crippen LogP contribution in [0, 0.1) is 13.8 Å². The number of hydrogen-bond donors (Lipinski definition) is 1.